The second-order valence-corrected chi connectivity index (χ2v) is 6.68. The molecule has 0 radical (unpaired) electrons. The van der Waals surface area contributed by atoms with Crippen LogP contribution in [0.15, 0.2) is 72.8 Å². The van der Waals surface area contributed by atoms with Crippen LogP contribution in [0.2, 0.25) is 0 Å². The standard InChI is InChI=1S/C23H17FN2O3/c24-17-10-4-1-7-14(17)13-20(23(28)29)26-22(27)21-15-8-2-5-11-18(15)25-19-12-6-3-9-16(19)21/h1-12,20H,13H2,(H,26,27)(H,28,29)/t20-/m0/s1. The number of carbonyl (C=O) groups excluding carboxylic acids is 1. The highest BCUT2D eigenvalue weighted by atomic mass is 19.1. The van der Waals surface area contributed by atoms with Crippen molar-refractivity contribution in [2.24, 2.45) is 0 Å². The van der Waals surface area contributed by atoms with E-state index in [1.807, 2.05) is 12.1 Å². The van der Waals surface area contributed by atoms with Crippen molar-refractivity contribution in [3.8, 4) is 0 Å². The Hall–Kier alpha value is -3.80. The molecule has 0 unspecified atom stereocenters. The molecule has 0 aliphatic heterocycles. The number of aliphatic carboxylic acids is 1. The van der Waals surface area contributed by atoms with Crippen molar-refractivity contribution >= 4 is 33.7 Å². The van der Waals surface area contributed by atoms with Crippen LogP contribution >= 0.6 is 0 Å². The number of rotatable bonds is 5. The van der Waals surface area contributed by atoms with Crippen LogP contribution in [0, 0.1) is 5.82 Å². The molecular formula is C23H17FN2O3. The van der Waals surface area contributed by atoms with Crippen molar-refractivity contribution < 1.29 is 19.1 Å². The molecule has 29 heavy (non-hydrogen) atoms. The number of benzene rings is 3. The minimum absolute atomic E-state index is 0.158. The predicted octanol–water partition coefficient (Wildman–Crippen LogP) is 3.95. The number of fused-ring (bicyclic) bond motifs is 2. The maximum absolute atomic E-state index is 14.0. The van der Waals surface area contributed by atoms with Crippen molar-refractivity contribution in [3.63, 3.8) is 0 Å². The molecule has 0 aliphatic carbocycles. The molecule has 6 heteroatoms. The number of nitrogens with zero attached hydrogens (tertiary/aromatic N) is 1. The number of hydrogen-bond acceptors (Lipinski definition) is 3. The molecule has 1 amide bonds. The van der Waals surface area contributed by atoms with Crippen molar-refractivity contribution in [1.82, 2.24) is 10.3 Å². The van der Waals surface area contributed by atoms with Crippen LogP contribution in [-0.4, -0.2) is 28.0 Å². The molecule has 0 fully saturated rings. The highest BCUT2D eigenvalue weighted by molar-refractivity contribution is 6.16. The molecular weight excluding hydrogens is 371 g/mol. The fourth-order valence-electron chi connectivity index (χ4n) is 3.40. The van der Waals surface area contributed by atoms with Gasteiger partial charge in [0.05, 0.1) is 16.6 Å². The molecule has 2 N–H and O–H groups in total. The lowest BCUT2D eigenvalue weighted by atomic mass is 10.0. The zero-order chi connectivity index (χ0) is 20.4. The first kappa shape index (κ1) is 18.6. The van der Waals surface area contributed by atoms with Crippen LogP contribution in [0.5, 0.6) is 0 Å². The van der Waals surface area contributed by atoms with Gasteiger partial charge in [0.1, 0.15) is 11.9 Å². The van der Waals surface area contributed by atoms with Gasteiger partial charge in [-0.25, -0.2) is 14.2 Å². The van der Waals surface area contributed by atoms with Gasteiger partial charge in [-0.2, -0.15) is 0 Å². The number of nitrogens with one attached hydrogen (secondary N) is 1. The van der Waals surface area contributed by atoms with Gasteiger partial charge < -0.3 is 10.4 Å². The maximum atomic E-state index is 14.0. The summed E-state index contributed by atoms with van der Waals surface area (Å²) in [4.78, 5) is 29.5. The third-order valence-corrected chi connectivity index (χ3v) is 4.80. The Kier molecular flexibility index (Phi) is 4.91. The molecule has 0 aliphatic rings. The molecule has 4 aromatic rings. The smallest absolute Gasteiger partial charge is 0.326 e. The summed E-state index contributed by atoms with van der Waals surface area (Å²) in [5, 5.41) is 13.4. The Morgan fingerprint density at radius 3 is 2.03 bits per heavy atom. The summed E-state index contributed by atoms with van der Waals surface area (Å²) in [6.45, 7) is 0. The Bertz CT molecular complexity index is 1190. The topological polar surface area (TPSA) is 79.3 Å². The Morgan fingerprint density at radius 1 is 0.897 bits per heavy atom. The summed E-state index contributed by atoms with van der Waals surface area (Å²) >= 11 is 0. The van der Waals surface area contributed by atoms with Crippen molar-refractivity contribution in [1.29, 1.82) is 0 Å². The number of aromatic nitrogens is 1. The average molecular weight is 388 g/mol. The van der Waals surface area contributed by atoms with Crippen LogP contribution in [0.25, 0.3) is 21.8 Å². The van der Waals surface area contributed by atoms with E-state index in [1.54, 1.807) is 42.5 Å². The Morgan fingerprint density at radius 2 is 1.45 bits per heavy atom. The molecule has 3 aromatic carbocycles. The van der Waals surface area contributed by atoms with Crippen molar-refractivity contribution in [2.75, 3.05) is 0 Å². The molecule has 4 rings (SSSR count). The fraction of sp³-hybridized carbons (Fsp3) is 0.0870. The van der Waals surface area contributed by atoms with E-state index in [9.17, 15) is 19.1 Å². The summed E-state index contributed by atoms with van der Waals surface area (Å²) in [5.41, 5.74) is 1.85. The van der Waals surface area contributed by atoms with E-state index in [0.717, 1.165) is 0 Å². The maximum Gasteiger partial charge on any atom is 0.326 e. The van der Waals surface area contributed by atoms with Crippen LogP contribution in [0.4, 0.5) is 4.39 Å². The first-order valence-corrected chi connectivity index (χ1v) is 9.09. The number of carboxylic acid groups (broad SMARTS) is 1. The molecule has 0 spiro atoms. The summed E-state index contributed by atoms with van der Waals surface area (Å²) in [7, 11) is 0. The lowest BCUT2D eigenvalue weighted by Crippen LogP contribution is -2.42. The number of amides is 1. The Balaban J connectivity index is 1.75. The quantitative estimate of drug-likeness (QED) is 0.508. The third-order valence-electron chi connectivity index (χ3n) is 4.80. The molecule has 0 saturated heterocycles. The molecule has 0 saturated carbocycles. The number of carbonyl (C=O) groups is 2. The van der Waals surface area contributed by atoms with Gasteiger partial charge in [0.15, 0.2) is 0 Å². The monoisotopic (exact) mass is 388 g/mol. The molecule has 1 atom stereocenters. The molecule has 0 bridgehead atoms. The molecule has 144 valence electrons. The number of pyridine rings is 1. The van der Waals surface area contributed by atoms with Crippen LogP contribution in [-0.2, 0) is 11.2 Å². The number of para-hydroxylation sites is 2. The van der Waals surface area contributed by atoms with Crippen LogP contribution in [0.3, 0.4) is 0 Å². The van der Waals surface area contributed by atoms with Gasteiger partial charge in [0.25, 0.3) is 5.91 Å². The second kappa shape index (κ2) is 7.67. The molecule has 5 nitrogen and oxygen atoms in total. The summed E-state index contributed by atoms with van der Waals surface area (Å²) in [5.74, 6) is -2.28. The highest BCUT2D eigenvalue weighted by Gasteiger charge is 2.24. The van der Waals surface area contributed by atoms with E-state index < -0.39 is 23.7 Å². The van der Waals surface area contributed by atoms with E-state index in [-0.39, 0.29) is 12.0 Å². The number of halogens is 1. The van der Waals surface area contributed by atoms with Gasteiger partial charge in [-0.15, -0.1) is 0 Å². The van der Waals surface area contributed by atoms with Gasteiger partial charge in [0.2, 0.25) is 0 Å². The first-order valence-electron chi connectivity index (χ1n) is 9.09. The molecule has 1 heterocycles. The van der Waals surface area contributed by atoms with Gasteiger partial charge in [-0.1, -0.05) is 54.6 Å². The van der Waals surface area contributed by atoms with E-state index in [4.69, 9.17) is 0 Å². The minimum Gasteiger partial charge on any atom is -0.480 e. The van der Waals surface area contributed by atoms with Gasteiger partial charge in [0, 0.05) is 17.2 Å². The van der Waals surface area contributed by atoms with E-state index in [2.05, 4.69) is 10.3 Å². The SMILES string of the molecule is O=C(N[C@@H](Cc1ccccc1F)C(=O)O)c1c2ccccc2nc2ccccc12. The van der Waals surface area contributed by atoms with Gasteiger partial charge in [-0.3, -0.25) is 4.79 Å². The average Bonchev–Trinajstić information content (AvgIpc) is 2.72. The van der Waals surface area contributed by atoms with E-state index in [0.29, 0.717) is 27.4 Å². The highest BCUT2D eigenvalue weighted by Crippen LogP contribution is 2.26. The molecule has 1 aromatic heterocycles. The number of carboxylic acids is 1. The van der Waals surface area contributed by atoms with Crippen molar-refractivity contribution in [3.05, 3.63) is 89.7 Å². The van der Waals surface area contributed by atoms with Crippen LogP contribution < -0.4 is 5.32 Å². The normalized spacial score (nSPS) is 12.0. The number of hydrogen-bond donors (Lipinski definition) is 2. The van der Waals surface area contributed by atoms with Gasteiger partial charge >= 0.3 is 5.97 Å². The zero-order valence-corrected chi connectivity index (χ0v) is 15.3. The third kappa shape index (κ3) is 3.65. The van der Waals surface area contributed by atoms with E-state index in [1.165, 1.54) is 18.2 Å². The lowest BCUT2D eigenvalue weighted by molar-refractivity contribution is -0.139. The summed E-state index contributed by atoms with van der Waals surface area (Å²) in [6, 6.07) is 19.0. The first-order chi connectivity index (χ1) is 14.0. The Labute approximate surface area is 165 Å². The van der Waals surface area contributed by atoms with Gasteiger partial charge in [-0.05, 0) is 23.8 Å². The second-order valence-electron chi connectivity index (χ2n) is 6.68. The minimum atomic E-state index is -1.27. The summed E-state index contributed by atoms with van der Waals surface area (Å²) in [6.07, 6.45) is -0.158. The van der Waals surface area contributed by atoms with Crippen LogP contribution in [0.1, 0.15) is 15.9 Å². The van der Waals surface area contributed by atoms with E-state index >= 15 is 0 Å². The zero-order valence-electron chi connectivity index (χ0n) is 15.3. The van der Waals surface area contributed by atoms with Crippen molar-refractivity contribution in [2.45, 2.75) is 12.5 Å². The summed E-state index contributed by atoms with van der Waals surface area (Å²) < 4.78 is 14.0. The fourth-order valence-corrected chi connectivity index (χ4v) is 3.40. The largest absolute Gasteiger partial charge is 0.480 e. The lowest BCUT2D eigenvalue weighted by Gasteiger charge is -2.17. The predicted molar refractivity (Wildman–Crippen MR) is 108 cm³/mol.